The molecule has 3 N–H and O–H groups in total. The van der Waals surface area contributed by atoms with Gasteiger partial charge in [-0.25, -0.2) is 4.98 Å². The van der Waals surface area contributed by atoms with E-state index in [4.69, 9.17) is 5.73 Å². The molecule has 0 bridgehead atoms. The number of nitrogen functional groups attached to an aromatic ring is 1. The second-order valence-corrected chi connectivity index (χ2v) is 4.08. The Balaban J connectivity index is 2.39. The Morgan fingerprint density at radius 3 is 2.94 bits per heavy atom. The number of hydrogen-bond acceptors (Lipinski definition) is 4. The van der Waals surface area contributed by atoms with Crippen molar-refractivity contribution in [1.29, 1.82) is 0 Å². The van der Waals surface area contributed by atoms with Crippen molar-refractivity contribution in [1.82, 2.24) is 15.2 Å². The van der Waals surface area contributed by atoms with Crippen LogP contribution in [0.5, 0.6) is 0 Å². The molecule has 94 valence electrons. The number of anilines is 1. The Morgan fingerprint density at radius 2 is 2.29 bits per heavy atom. The topological polar surface area (TPSA) is 71.2 Å². The lowest BCUT2D eigenvalue weighted by molar-refractivity contribution is -0.122. The number of pyridine rings is 1. The highest BCUT2D eigenvalue weighted by Crippen LogP contribution is 2.02. The number of aromatic nitrogens is 1. The lowest BCUT2D eigenvalue weighted by Gasteiger charge is -2.15. The fourth-order valence-corrected chi connectivity index (χ4v) is 1.48. The van der Waals surface area contributed by atoms with Crippen LogP contribution in [0.3, 0.4) is 0 Å². The zero-order valence-electron chi connectivity index (χ0n) is 10.4. The molecule has 0 fully saturated rings. The maximum absolute atomic E-state index is 11.5. The Hall–Kier alpha value is -1.62. The van der Waals surface area contributed by atoms with Crippen LogP contribution in [-0.2, 0) is 11.3 Å². The zero-order chi connectivity index (χ0) is 12.7. The lowest BCUT2D eigenvalue weighted by atomic mass is 10.3. The SMILES string of the molecule is CCCNC(=O)CN(C)Cc1cccc(N)n1. The van der Waals surface area contributed by atoms with E-state index < -0.39 is 0 Å². The third kappa shape index (κ3) is 5.31. The molecule has 0 saturated carbocycles. The van der Waals surface area contributed by atoms with Crippen LogP contribution >= 0.6 is 0 Å². The summed E-state index contributed by atoms with van der Waals surface area (Å²) in [6.07, 6.45) is 0.951. The minimum atomic E-state index is 0.0400. The molecule has 0 unspecified atom stereocenters. The summed E-state index contributed by atoms with van der Waals surface area (Å²) in [6, 6.07) is 5.51. The minimum Gasteiger partial charge on any atom is -0.384 e. The second-order valence-electron chi connectivity index (χ2n) is 4.08. The van der Waals surface area contributed by atoms with Crippen LogP contribution < -0.4 is 11.1 Å². The molecule has 0 aliphatic carbocycles. The molecule has 5 nitrogen and oxygen atoms in total. The molecule has 0 radical (unpaired) electrons. The first-order valence-electron chi connectivity index (χ1n) is 5.78. The molecule has 1 rings (SSSR count). The van der Waals surface area contributed by atoms with Crippen LogP contribution in [0.4, 0.5) is 5.82 Å². The number of carbonyl (C=O) groups is 1. The number of carbonyl (C=O) groups excluding carboxylic acids is 1. The van der Waals surface area contributed by atoms with E-state index in [1.165, 1.54) is 0 Å². The standard InChI is InChI=1S/C12H20N4O/c1-3-7-14-12(17)9-16(2)8-10-5-4-6-11(13)15-10/h4-6H,3,7-9H2,1-2H3,(H2,13,15)(H,14,17). The van der Waals surface area contributed by atoms with Gasteiger partial charge in [0.1, 0.15) is 5.82 Å². The molecular weight excluding hydrogens is 216 g/mol. The monoisotopic (exact) mass is 236 g/mol. The van der Waals surface area contributed by atoms with Crippen molar-refractivity contribution in [2.24, 2.45) is 0 Å². The quantitative estimate of drug-likeness (QED) is 0.759. The Morgan fingerprint density at radius 1 is 1.53 bits per heavy atom. The van der Waals surface area contributed by atoms with Crippen LogP contribution in [0.25, 0.3) is 0 Å². The largest absolute Gasteiger partial charge is 0.384 e. The highest BCUT2D eigenvalue weighted by molar-refractivity contribution is 5.77. The molecule has 5 heteroatoms. The minimum absolute atomic E-state index is 0.0400. The van der Waals surface area contributed by atoms with Gasteiger partial charge in [-0.1, -0.05) is 13.0 Å². The third-order valence-corrected chi connectivity index (χ3v) is 2.25. The van der Waals surface area contributed by atoms with Crippen molar-refractivity contribution in [2.45, 2.75) is 19.9 Å². The first-order chi connectivity index (χ1) is 8.11. The van der Waals surface area contributed by atoms with E-state index >= 15 is 0 Å². The molecule has 0 aromatic carbocycles. The van der Waals surface area contributed by atoms with Crippen LogP contribution in [0.15, 0.2) is 18.2 Å². The molecule has 17 heavy (non-hydrogen) atoms. The van der Waals surface area contributed by atoms with Crippen LogP contribution in [-0.4, -0.2) is 35.9 Å². The molecule has 1 aromatic heterocycles. The average molecular weight is 236 g/mol. The molecule has 0 atom stereocenters. The maximum atomic E-state index is 11.5. The summed E-state index contributed by atoms with van der Waals surface area (Å²) in [6.45, 7) is 3.74. The number of amides is 1. The van der Waals surface area contributed by atoms with Crippen molar-refractivity contribution in [2.75, 3.05) is 25.9 Å². The first-order valence-corrected chi connectivity index (χ1v) is 5.78. The summed E-state index contributed by atoms with van der Waals surface area (Å²) in [5.74, 6) is 0.546. The molecule has 1 aromatic rings. The number of likely N-dealkylation sites (N-methyl/N-ethyl adjacent to an activating group) is 1. The highest BCUT2D eigenvalue weighted by Gasteiger charge is 2.07. The van der Waals surface area contributed by atoms with E-state index in [0.717, 1.165) is 18.7 Å². The summed E-state index contributed by atoms with van der Waals surface area (Å²) in [5, 5.41) is 2.83. The fourth-order valence-electron chi connectivity index (χ4n) is 1.48. The van der Waals surface area contributed by atoms with E-state index in [0.29, 0.717) is 18.9 Å². The second kappa shape index (κ2) is 6.85. The predicted molar refractivity (Wildman–Crippen MR) is 68.3 cm³/mol. The Labute approximate surface area is 102 Å². The van der Waals surface area contributed by atoms with Crippen LogP contribution in [0, 0.1) is 0 Å². The van der Waals surface area contributed by atoms with E-state index in [1.807, 2.05) is 31.0 Å². The van der Waals surface area contributed by atoms with E-state index in [9.17, 15) is 4.79 Å². The summed E-state index contributed by atoms with van der Waals surface area (Å²) in [5.41, 5.74) is 6.46. The molecule has 0 aliphatic rings. The van der Waals surface area contributed by atoms with E-state index in [2.05, 4.69) is 10.3 Å². The van der Waals surface area contributed by atoms with Crippen molar-refractivity contribution in [3.63, 3.8) is 0 Å². The van der Waals surface area contributed by atoms with Gasteiger partial charge in [-0.3, -0.25) is 9.69 Å². The van der Waals surface area contributed by atoms with Gasteiger partial charge in [0.2, 0.25) is 5.91 Å². The summed E-state index contributed by atoms with van der Waals surface area (Å²) in [4.78, 5) is 17.6. The van der Waals surface area contributed by atoms with Gasteiger partial charge >= 0.3 is 0 Å². The van der Waals surface area contributed by atoms with Crippen molar-refractivity contribution >= 4 is 11.7 Å². The Bertz CT molecular complexity index is 367. The van der Waals surface area contributed by atoms with Gasteiger partial charge in [0.25, 0.3) is 0 Å². The van der Waals surface area contributed by atoms with Gasteiger partial charge in [-0.15, -0.1) is 0 Å². The van der Waals surface area contributed by atoms with Gasteiger partial charge in [-0.2, -0.15) is 0 Å². The van der Waals surface area contributed by atoms with E-state index in [-0.39, 0.29) is 5.91 Å². The number of nitrogens with zero attached hydrogens (tertiary/aromatic N) is 2. The highest BCUT2D eigenvalue weighted by atomic mass is 16.2. The smallest absolute Gasteiger partial charge is 0.234 e. The van der Waals surface area contributed by atoms with Crippen LogP contribution in [0.2, 0.25) is 0 Å². The lowest BCUT2D eigenvalue weighted by Crippen LogP contribution is -2.35. The van der Waals surface area contributed by atoms with Gasteiger partial charge in [0, 0.05) is 13.1 Å². The van der Waals surface area contributed by atoms with Gasteiger partial charge in [0.15, 0.2) is 0 Å². The maximum Gasteiger partial charge on any atom is 0.234 e. The number of nitrogens with two attached hydrogens (primary N) is 1. The number of rotatable bonds is 6. The fraction of sp³-hybridized carbons (Fsp3) is 0.500. The molecule has 0 aliphatic heterocycles. The molecular formula is C12H20N4O. The molecule has 1 amide bonds. The summed E-state index contributed by atoms with van der Waals surface area (Å²) < 4.78 is 0. The normalized spacial score (nSPS) is 10.5. The first kappa shape index (κ1) is 13.4. The number of hydrogen-bond donors (Lipinski definition) is 2. The van der Waals surface area contributed by atoms with Crippen molar-refractivity contribution in [3.8, 4) is 0 Å². The van der Waals surface area contributed by atoms with Gasteiger partial charge < -0.3 is 11.1 Å². The number of nitrogens with one attached hydrogen (secondary N) is 1. The molecule has 0 saturated heterocycles. The van der Waals surface area contributed by atoms with Crippen molar-refractivity contribution < 1.29 is 4.79 Å². The summed E-state index contributed by atoms with van der Waals surface area (Å²) >= 11 is 0. The molecule has 0 spiro atoms. The van der Waals surface area contributed by atoms with Crippen molar-refractivity contribution in [3.05, 3.63) is 23.9 Å². The predicted octanol–water partition coefficient (Wildman–Crippen LogP) is 0.622. The Kier molecular flexibility index (Phi) is 5.42. The van der Waals surface area contributed by atoms with E-state index in [1.54, 1.807) is 6.07 Å². The van der Waals surface area contributed by atoms with Gasteiger partial charge in [-0.05, 0) is 25.6 Å². The van der Waals surface area contributed by atoms with Gasteiger partial charge in [0.05, 0.1) is 12.2 Å². The summed E-state index contributed by atoms with van der Waals surface area (Å²) in [7, 11) is 1.89. The molecule has 1 heterocycles. The average Bonchev–Trinajstić information content (AvgIpc) is 2.26. The van der Waals surface area contributed by atoms with Crippen LogP contribution in [0.1, 0.15) is 19.0 Å². The third-order valence-electron chi connectivity index (χ3n) is 2.25. The zero-order valence-corrected chi connectivity index (χ0v) is 10.4.